The van der Waals surface area contributed by atoms with Gasteiger partial charge in [0.1, 0.15) is 0 Å². The summed E-state index contributed by atoms with van der Waals surface area (Å²) in [6.45, 7) is 6.39. The van der Waals surface area contributed by atoms with Crippen LogP contribution in [-0.2, 0) is 0 Å². The third-order valence-electron chi connectivity index (χ3n) is 5.80. The zero-order chi connectivity index (χ0) is 20.3. The maximum absolute atomic E-state index is 7.57. The van der Waals surface area contributed by atoms with Crippen LogP contribution in [0.1, 0.15) is 115 Å². The average molecular weight is 386 g/mol. The molecule has 158 valence electrons. The van der Waals surface area contributed by atoms with Crippen molar-refractivity contribution in [3.05, 3.63) is 35.9 Å². The topological polar surface area (TPSA) is 26.9 Å². The molecule has 0 saturated carbocycles. The van der Waals surface area contributed by atoms with E-state index in [9.17, 15) is 0 Å². The van der Waals surface area contributed by atoms with E-state index in [4.69, 9.17) is 5.41 Å². The van der Waals surface area contributed by atoms with Crippen LogP contribution in [0.25, 0.3) is 0 Å². The first-order valence-corrected chi connectivity index (χ1v) is 12.0. The summed E-state index contributed by atoms with van der Waals surface area (Å²) in [5, 5.41) is 7.57. The standard InChI is InChI=1S/C26H45N2/c1-3-4-5-6-7-8-9-10-11-12-13-14-15-19-22-28(24-27)23-25(2)26-20-17-16-18-21-26/h16-18,20-21,25,27H,3-15,19,22-23H2,1-2H3/q+1. The van der Waals surface area contributed by atoms with Crippen molar-refractivity contribution in [3.8, 4) is 0 Å². The van der Waals surface area contributed by atoms with Gasteiger partial charge >= 0.3 is 6.01 Å². The quantitative estimate of drug-likeness (QED) is 0.150. The second kappa shape index (κ2) is 17.7. The number of nitrogens with one attached hydrogen (secondary N) is 1. The van der Waals surface area contributed by atoms with E-state index < -0.39 is 0 Å². The second-order valence-electron chi connectivity index (χ2n) is 8.47. The number of rotatable bonds is 18. The molecule has 0 aliphatic carbocycles. The fourth-order valence-electron chi connectivity index (χ4n) is 3.91. The van der Waals surface area contributed by atoms with Crippen LogP contribution in [0.5, 0.6) is 0 Å². The van der Waals surface area contributed by atoms with Crippen molar-refractivity contribution in [3.63, 3.8) is 0 Å². The molecule has 0 heterocycles. The van der Waals surface area contributed by atoms with E-state index in [0.29, 0.717) is 5.92 Å². The van der Waals surface area contributed by atoms with Crippen LogP contribution in [0.4, 0.5) is 0 Å². The molecule has 0 aliphatic rings. The van der Waals surface area contributed by atoms with Crippen LogP contribution in [0.2, 0.25) is 0 Å². The maximum atomic E-state index is 7.57. The van der Waals surface area contributed by atoms with Gasteiger partial charge in [-0.05, 0) is 18.4 Å². The molecule has 0 saturated heterocycles. The van der Waals surface area contributed by atoms with Gasteiger partial charge < -0.3 is 0 Å². The predicted octanol–water partition coefficient (Wildman–Crippen LogP) is 8.04. The Labute approximate surface area is 175 Å². The number of nitrogens with zero attached hydrogens (tertiary/aromatic N) is 1. The minimum atomic E-state index is 0.450. The molecule has 1 rings (SSSR count). The van der Waals surface area contributed by atoms with Gasteiger partial charge in [-0.2, -0.15) is 0 Å². The Morgan fingerprint density at radius 2 is 1.21 bits per heavy atom. The SMILES string of the molecule is CCCCCCCCCCCCCCCC[N+](=C=N)CC(C)c1ccccc1. The first-order valence-electron chi connectivity index (χ1n) is 12.0. The smallest absolute Gasteiger partial charge is 0.220 e. The summed E-state index contributed by atoms with van der Waals surface area (Å²) >= 11 is 0. The first kappa shape index (κ1) is 24.6. The Morgan fingerprint density at radius 1 is 0.750 bits per heavy atom. The van der Waals surface area contributed by atoms with Crippen LogP contribution < -0.4 is 0 Å². The van der Waals surface area contributed by atoms with Crippen molar-refractivity contribution in [2.24, 2.45) is 0 Å². The van der Waals surface area contributed by atoms with Gasteiger partial charge in [-0.25, -0.2) is 4.58 Å². The van der Waals surface area contributed by atoms with Gasteiger partial charge in [-0.1, -0.05) is 127 Å². The van der Waals surface area contributed by atoms with Gasteiger partial charge in [-0.15, -0.1) is 0 Å². The van der Waals surface area contributed by atoms with Gasteiger partial charge in [0.15, 0.2) is 0 Å². The normalized spacial score (nSPS) is 11.9. The van der Waals surface area contributed by atoms with Crippen LogP contribution in [0.3, 0.4) is 0 Å². The Morgan fingerprint density at radius 3 is 1.68 bits per heavy atom. The van der Waals surface area contributed by atoms with E-state index in [1.807, 2.05) is 0 Å². The number of hydrogen-bond donors (Lipinski definition) is 1. The van der Waals surface area contributed by atoms with E-state index in [0.717, 1.165) is 13.1 Å². The van der Waals surface area contributed by atoms with Crippen molar-refractivity contribution in [2.75, 3.05) is 13.1 Å². The molecule has 0 spiro atoms. The van der Waals surface area contributed by atoms with E-state index in [1.54, 1.807) is 0 Å². The molecule has 1 atom stereocenters. The zero-order valence-electron chi connectivity index (χ0n) is 18.7. The molecule has 0 aliphatic heterocycles. The predicted molar refractivity (Wildman–Crippen MR) is 123 cm³/mol. The number of benzene rings is 1. The minimum Gasteiger partial charge on any atom is -0.220 e. The highest BCUT2D eigenvalue weighted by atomic mass is 15.0. The summed E-state index contributed by atoms with van der Waals surface area (Å²) in [5.41, 5.74) is 1.35. The van der Waals surface area contributed by atoms with Gasteiger partial charge in [0, 0.05) is 5.92 Å². The molecule has 1 aromatic rings. The zero-order valence-corrected chi connectivity index (χ0v) is 18.7. The molecule has 28 heavy (non-hydrogen) atoms. The molecule has 1 unspecified atom stereocenters. The highest BCUT2D eigenvalue weighted by Crippen LogP contribution is 2.15. The molecular formula is C26H45N2+. The van der Waals surface area contributed by atoms with Gasteiger partial charge in [0.05, 0.1) is 13.1 Å². The molecule has 1 N–H and O–H groups in total. The molecule has 0 fully saturated rings. The molecule has 0 aromatic heterocycles. The summed E-state index contributed by atoms with van der Waals surface area (Å²) in [7, 11) is 0. The summed E-state index contributed by atoms with van der Waals surface area (Å²) in [4.78, 5) is 0. The fraction of sp³-hybridized carbons (Fsp3) is 0.731. The van der Waals surface area contributed by atoms with Crippen molar-refractivity contribution in [2.45, 2.75) is 110 Å². The van der Waals surface area contributed by atoms with Gasteiger partial charge in [0.25, 0.3) is 0 Å². The maximum Gasteiger partial charge on any atom is 0.303 e. The lowest BCUT2D eigenvalue weighted by atomic mass is 10.0. The van der Waals surface area contributed by atoms with Crippen molar-refractivity contribution in [1.29, 1.82) is 5.41 Å². The summed E-state index contributed by atoms with van der Waals surface area (Å²) in [6, 6.07) is 13.2. The Kier molecular flexibility index (Phi) is 15.6. The lowest BCUT2D eigenvalue weighted by Gasteiger charge is -2.11. The lowest BCUT2D eigenvalue weighted by Crippen LogP contribution is -2.18. The van der Waals surface area contributed by atoms with Crippen molar-refractivity contribution < 1.29 is 4.58 Å². The molecule has 0 bridgehead atoms. The minimum absolute atomic E-state index is 0.450. The molecule has 0 amide bonds. The Bertz CT molecular complexity index is 516. The summed E-state index contributed by atoms with van der Waals surface area (Å²) in [6.07, 6.45) is 19.4. The van der Waals surface area contributed by atoms with E-state index in [1.165, 1.54) is 95.5 Å². The van der Waals surface area contributed by atoms with Crippen molar-refractivity contribution >= 4 is 6.01 Å². The monoisotopic (exact) mass is 385 g/mol. The third kappa shape index (κ3) is 12.9. The van der Waals surface area contributed by atoms with Crippen LogP contribution >= 0.6 is 0 Å². The van der Waals surface area contributed by atoms with Crippen LogP contribution in [0, 0.1) is 5.41 Å². The van der Waals surface area contributed by atoms with Crippen LogP contribution in [0.15, 0.2) is 30.3 Å². The molecule has 0 radical (unpaired) electrons. The fourth-order valence-corrected chi connectivity index (χ4v) is 3.91. The van der Waals surface area contributed by atoms with Gasteiger partial charge in [-0.3, -0.25) is 0 Å². The Hall–Kier alpha value is -1.40. The molecule has 1 aromatic carbocycles. The number of unbranched alkanes of at least 4 members (excludes halogenated alkanes) is 13. The third-order valence-corrected chi connectivity index (χ3v) is 5.80. The van der Waals surface area contributed by atoms with Crippen LogP contribution in [-0.4, -0.2) is 23.7 Å². The van der Waals surface area contributed by atoms with Gasteiger partial charge in [0.2, 0.25) is 0 Å². The Balaban J connectivity index is 1.94. The summed E-state index contributed by atoms with van der Waals surface area (Å²) in [5.74, 6) is 0.450. The van der Waals surface area contributed by atoms with E-state index in [2.05, 4.69) is 54.8 Å². The largest absolute Gasteiger partial charge is 0.303 e. The van der Waals surface area contributed by atoms with E-state index >= 15 is 0 Å². The molecule has 2 heteroatoms. The average Bonchev–Trinajstić information content (AvgIpc) is 2.73. The van der Waals surface area contributed by atoms with E-state index in [-0.39, 0.29) is 0 Å². The highest BCUT2D eigenvalue weighted by Gasteiger charge is 2.10. The first-order chi connectivity index (χ1) is 13.8. The summed E-state index contributed by atoms with van der Waals surface area (Å²) < 4.78 is 2.05. The second-order valence-corrected chi connectivity index (χ2v) is 8.47. The van der Waals surface area contributed by atoms with Crippen molar-refractivity contribution in [1.82, 2.24) is 0 Å². The molecule has 2 nitrogen and oxygen atoms in total. The number of hydrogen-bond acceptors (Lipinski definition) is 1. The highest BCUT2D eigenvalue weighted by molar-refractivity contribution is 5.28. The molecular weight excluding hydrogens is 340 g/mol. The lowest BCUT2D eigenvalue weighted by molar-refractivity contribution is -0.525.